The van der Waals surface area contributed by atoms with Crippen LogP contribution in [0.25, 0.3) is 0 Å². The molecule has 0 aromatic carbocycles. The van der Waals surface area contributed by atoms with Crippen molar-refractivity contribution in [1.82, 2.24) is 0 Å². The van der Waals surface area contributed by atoms with Gasteiger partial charge >= 0.3 is 0 Å². The molecular weight excluding hydrogens is 156 g/mol. The Kier molecular flexibility index (Phi) is 3.58. The minimum atomic E-state index is 0.910. The third-order valence-corrected chi connectivity index (χ3v) is 3.84. The summed E-state index contributed by atoms with van der Waals surface area (Å²) in [6.45, 7) is 13.4. The molecule has 2 atom stereocenters. The van der Waals surface area contributed by atoms with Crippen LogP contribution in [0.5, 0.6) is 0 Å². The maximum absolute atomic E-state index is 4.02. The van der Waals surface area contributed by atoms with Crippen LogP contribution in [0.2, 0.25) is 0 Å². The molecular formula is C13H24. The van der Waals surface area contributed by atoms with E-state index in [2.05, 4.69) is 34.3 Å². The van der Waals surface area contributed by atoms with Gasteiger partial charge < -0.3 is 0 Å². The molecule has 2 unspecified atom stereocenters. The molecule has 1 saturated carbocycles. The van der Waals surface area contributed by atoms with Gasteiger partial charge in [0.05, 0.1) is 0 Å². The zero-order chi connectivity index (χ0) is 10.0. The van der Waals surface area contributed by atoms with Crippen LogP contribution >= 0.6 is 0 Å². The van der Waals surface area contributed by atoms with E-state index in [0.29, 0.717) is 0 Å². The van der Waals surface area contributed by atoms with E-state index in [1.165, 1.54) is 24.8 Å². The minimum absolute atomic E-state index is 0.910. The standard InChI is InChI=1S/C13H24/c1-9(2)6-13-7-10(3)12(5)11(4)8-13/h10-13H,1,6-8H2,2-5H3. The maximum Gasteiger partial charge on any atom is -0.0297 e. The van der Waals surface area contributed by atoms with Crippen molar-refractivity contribution >= 4 is 0 Å². The second-order valence-electron chi connectivity index (χ2n) is 5.31. The van der Waals surface area contributed by atoms with Gasteiger partial charge in [0.1, 0.15) is 0 Å². The molecule has 1 fully saturated rings. The average molecular weight is 180 g/mol. The zero-order valence-electron chi connectivity index (χ0n) is 9.64. The van der Waals surface area contributed by atoms with Crippen LogP contribution in [-0.4, -0.2) is 0 Å². The van der Waals surface area contributed by atoms with Crippen molar-refractivity contribution in [2.45, 2.75) is 47.0 Å². The van der Waals surface area contributed by atoms with Crippen molar-refractivity contribution < 1.29 is 0 Å². The highest BCUT2D eigenvalue weighted by atomic mass is 14.3. The van der Waals surface area contributed by atoms with E-state index >= 15 is 0 Å². The molecule has 0 aromatic heterocycles. The molecule has 1 rings (SSSR count). The zero-order valence-corrected chi connectivity index (χ0v) is 9.64. The van der Waals surface area contributed by atoms with E-state index in [1.54, 1.807) is 0 Å². The van der Waals surface area contributed by atoms with Crippen LogP contribution in [-0.2, 0) is 0 Å². The number of hydrogen-bond donors (Lipinski definition) is 0. The summed E-state index contributed by atoms with van der Waals surface area (Å²) in [4.78, 5) is 0. The molecule has 0 heterocycles. The first kappa shape index (κ1) is 10.8. The lowest BCUT2D eigenvalue weighted by atomic mass is 9.68. The Morgan fingerprint density at radius 2 is 1.62 bits per heavy atom. The molecule has 0 amide bonds. The number of allylic oxidation sites excluding steroid dienone is 1. The van der Waals surface area contributed by atoms with Crippen molar-refractivity contribution in [2.75, 3.05) is 0 Å². The highest BCUT2D eigenvalue weighted by Gasteiger charge is 2.29. The van der Waals surface area contributed by atoms with Crippen LogP contribution in [0.4, 0.5) is 0 Å². The molecule has 13 heavy (non-hydrogen) atoms. The number of rotatable bonds is 2. The molecule has 0 saturated heterocycles. The summed E-state index contributed by atoms with van der Waals surface area (Å²) in [5.41, 5.74) is 1.36. The molecule has 1 aliphatic rings. The monoisotopic (exact) mass is 180 g/mol. The van der Waals surface area contributed by atoms with Gasteiger partial charge in [-0.1, -0.05) is 26.3 Å². The lowest BCUT2D eigenvalue weighted by Crippen LogP contribution is -2.27. The van der Waals surface area contributed by atoms with Crippen LogP contribution in [0.3, 0.4) is 0 Å². The first-order valence-electron chi connectivity index (χ1n) is 5.65. The van der Waals surface area contributed by atoms with Crippen molar-refractivity contribution in [3.8, 4) is 0 Å². The van der Waals surface area contributed by atoms with Crippen LogP contribution < -0.4 is 0 Å². The summed E-state index contributed by atoms with van der Waals surface area (Å²) >= 11 is 0. The van der Waals surface area contributed by atoms with Crippen LogP contribution in [0.1, 0.15) is 47.0 Å². The highest BCUT2D eigenvalue weighted by Crippen LogP contribution is 2.39. The smallest absolute Gasteiger partial charge is 0.0297 e. The molecule has 0 nitrogen and oxygen atoms in total. The number of hydrogen-bond acceptors (Lipinski definition) is 0. The van der Waals surface area contributed by atoms with E-state index in [4.69, 9.17) is 0 Å². The fourth-order valence-electron chi connectivity index (χ4n) is 2.80. The molecule has 0 N–H and O–H groups in total. The lowest BCUT2D eigenvalue weighted by molar-refractivity contribution is 0.141. The Labute approximate surface area is 83.4 Å². The van der Waals surface area contributed by atoms with Gasteiger partial charge in [-0.15, -0.1) is 6.58 Å². The molecule has 0 aromatic rings. The van der Waals surface area contributed by atoms with Gasteiger partial charge in [-0.3, -0.25) is 0 Å². The van der Waals surface area contributed by atoms with Crippen molar-refractivity contribution in [1.29, 1.82) is 0 Å². The van der Waals surface area contributed by atoms with E-state index in [1.807, 2.05) is 0 Å². The molecule has 76 valence electrons. The van der Waals surface area contributed by atoms with Crippen molar-refractivity contribution in [3.05, 3.63) is 12.2 Å². The van der Waals surface area contributed by atoms with Gasteiger partial charge in [0, 0.05) is 0 Å². The fourth-order valence-corrected chi connectivity index (χ4v) is 2.80. The Hall–Kier alpha value is -0.260. The van der Waals surface area contributed by atoms with E-state index in [9.17, 15) is 0 Å². The predicted molar refractivity (Wildman–Crippen MR) is 59.6 cm³/mol. The Morgan fingerprint density at radius 3 is 2.00 bits per heavy atom. The summed E-state index contributed by atoms with van der Waals surface area (Å²) in [5.74, 6) is 3.65. The van der Waals surface area contributed by atoms with Crippen molar-refractivity contribution in [3.63, 3.8) is 0 Å². The SMILES string of the molecule is C=C(C)CC1CC(C)C(C)C(C)C1. The van der Waals surface area contributed by atoms with Gasteiger partial charge in [-0.05, 0) is 49.9 Å². The van der Waals surface area contributed by atoms with Gasteiger partial charge in [0.15, 0.2) is 0 Å². The first-order chi connectivity index (χ1) is 6.00. The topological polar surface area (TPSA) is 0 Å². The summed E-state index contributed by atoms with van der Waals surface area (Å²) in [6, 6.07) is 0. The van der Waals surface area contributed by atoms with E-state index in [0.717, 1.165) is 23.7 Å². The average Bonchev–Trinajstić information content (AvgIpc) is 1.98. The Balaban J connectivity index is 2.48. The quantitative estimate of drug-likeness (QED) is 0.557. The molecule has 0 heteroatoms. The second-order valence-corrected chi connectivity index (χ2v) is 5.31. The summed E-state index contributed by atoms with van der Waals surface area (Å²) in [6.07, 6.45) is 4.08. The largest absolute Gasteiger partial charge is 0.100 e. The summed E-state index contributed by atoms with van der Waals surface area (Å²) < 4.78 is 0. The maximum atomic E-state index is 4.02. The van der Waals surface area contributed by atoms with Gasteiger partial charge in [0.2, 0.25) is 0 Å². The molecule has 0 spiro atoms. The molecule has 0 radical (unpaired) electrons. The van der Waals surface area contributed by atoms with Crippen LogP contribution in [0, 0.1) is 23.7 Å². The minimum Gasteiger partial charge on any atom is -0.100 e. The predicted octanol–water partition coefficient (Wildman–Crippen LogP) is 4.27. The van der Waals surface area contributed by atoms with E-state index in [-0.39, 0.29) is 0 Å². The normalized spacial score (nSPS) is 40.3. The van der Waals surface area contributed by atoms with Gasteiger partial charge in [0.25, 0.3) is 0 Å². The Bertz CT molecular complexity index is 168. The third-order valence-electron chi connectivity index (χ3n) is 3.84. The molecule has 0 aliphatic heterocycles. The fraction of sp³-hybridized carbons (Fsp3) is 0.846. The van der Waals surface area contributed by atoms with Gasteiger partial charge in [-0.2, -0.15) is 0 Å². The van der Waals surface area contributed by atoms with Crippen LogP contribution in [0.15, 0.2) is 12.2 Å². The second kappa shape index (κ2) is 4.30. The first-order valence-corrected chi connectivity index (χ1v) is 5.65. The molecule has 1 aliphatic carbocycles. The Morgan fingerprint density at radius 1 is 1.15 bits per heavy atom. The van der Waals surface area contributed by atoms with E-state index < -0.39 is 0 Å². The lowest BCUT2D eigenvalue weighted by Gasteiger charge is -2.37. The summed E-state index contributed by atoms with van der Waals surface area (Å²) in [5, 5.41) is 0. The van der Waals surface area contributed by atoms with Crippen molar-refractivity contribution in [2.24, 2.45) is 23.7 Å². The highest BCUT2D eigenvalue weighted by molar-refractivity contribution is 4.93. The van der Waals surface area contributed by atoms with Gasteiger partial charge in [-0.25, -0.2) is 0 Å². The third kappa shape index (κ3) is 2.86. The summed E-state index contributed by atoms with van der Waals surface area (Å²) in [7, 11) is 0. The molecule has 0 bridgehead atoms.